The second kappa shape index (κ2) is 14.2. The highest BCUT2D eigenvalue weighted by molar-refractivity contribution is 6.11. The molecule has 3 aromatic heterocycles. The van der Waals surface area contributed by atoms with E-state index in [9.17, 15) is 13.2 Å². The van der Waals surface area contributed by atoms with Crippen LogP contribution in [0.25, 0.3) is 100 Å². The molecule has 61 heavy (non-hydrogen) atoms. The number of hydrogen-bond acceptors (Lipinski definition) is 2. The lowest BCUT2D eigenvalue weighted by atomic mass is 9.97. The highest BCUT2D eigenvalue weighted by Gasteiger charge is 2.31. The molecule has 0 N–H and O–H groups in total. The van der Waals surface area contributed by atoms with E-state index in [1.165, 1.54) is 12.1 Å². The summed E-state index contributed by atoms with van der Waals surface area (Å²) in [6.45, 7) is 1.96. The van der Waals surface area contributed by atoms with Gasteiger partial charge in [-0.3, -0.25) is 0 Å². The Morgan fingerprint density at radius 2 is 0.984 bits per heavy atom. The zero-order valence-electron chi connectivity index (χ0n) is 32.9. The van der Waals surface area contributed by atoms with E-state index in [1.54, 1.807) is 6.07 Å². The van der Waals surface area contributed by atoms with Gasteiger partial charge in [-0.1, -0.05) is 127 Å². The maximum Gasteiger partial charge on any atom is 0.416 e. The maximum absolute atomic E-state index is 14.2. The predicted molar refractivity (Wildman–Crippen MR) is 242 cm³/mol. The quantitative estimate of drug-likeness (QED) is 0.168. The third kappa shape index (κ3) is 6.25. The van der Waals surface area contributed by atoms with E-state index in [-0.39, 0.29) is 0 Å². The maximum atomic E-state index is 14.2. The van der Waals surface area contributed by atoms with E-state index in [4.69, 9.17) is 9.97 Å². The SMILES string of the molecule is Cc1ccc2c(c1)c1cc(C(F)(F)F)ccc1n2-c1ccc(-c2cc(-c3ccccc3)nc(-c3ccccc3)n2)cc1-c1cccc(-n2c3ccccc3c3ccccc32)c1. The van der Waals surface area contributed by atoms with E-state index in [0.29, 0.717) is 16.7 Å². The molecule has 11 aromatic rings. The number of hydrogen-bond donors (Lipinski definition) is 0. The molecule has 0 saturated carbocycles. The molecule has 0 radical (unpaired) electrons. The number of fused-ring (bicyclic) bond motifs is 6. The van der Waals surface area contributed by atoms with E-state index >= 15 is 0 Å². The Morgan fingerprint density at radius 3 is 1.67 bits per heavy atom. The van der Waals surface area contributed by atoms with Gasteiger partial charge in [0.15, 0.2) is 5.82 Å². The second-order valence-electron chi connectivity index (χ2n) is 15.4. The summed E-state index contributed by atoms with van der Waals surface area (Å²) in [6, 6.07) is 63.8. The van der Waals surface area contributed by atoms with E-state index in [1.807, 2.05) is 91.9 Å². The van der Waals surface area contributed by atoms with Crippen LogP contribution in [0.5, 0.6) is 0 Å². The summed E-state index contributed by atoms with van der Waals surface area (Å²) < 4.78 is 47.1. The molecule has 8 aromatic carbocycles. The largest absolute Gasteiger partial charge is 0.416 e. The van der Waals surface area contributed by atoms with Crippen molar-refractivity contribution in [2.75, 3.05) is 0 Å². The van der Waals surface area contributed by atoms with Gasteiger partial charge in [0.1, 0.15) is 0 Å². The van der Waals surface area contributed by atoms with Crippen molar-refractivity contribution in [1.82, 2.24) is 19.1 Å². The fraction of sp³-hybridized carbons (Fsp3) is 0.0370. The lowest BCUT2D eigenvalue weighted by Gasteiger charge is -2.18. The van der Waals surface area contributed by atoms with Gasteiger partial charge >= 0.3 is 6.18 Å². The molecular weight excluding hydrogens is 762 g/mol. The van der Waals surface area contributed by atoms with Gasteiger partial charge in [-0.05, 0) is 85.3 Å². The summed E-state index contributed by atoms with van der Waals surface area (Å²) in [5.41, 5.74) is 11.9. The summed E-state index contributed by atoms with van der Waals surface area (Å²) in [5, 5.41) is 3.62. The number of aromatic nitrogens is 4. The van der Waals surface area contributed by atoms with Crippen LogP contribution in [0.1, 0.15) is 11.1 Å². The van der Waals surface area contributed by atoms with Gasteiger partial charge in [0.2, 0.25) is 0 Å². The second-order valence-corrected chi connectivity index (χ2v) is 15.4. The van der Waals surface area contributed by atoms with Crippen LogP contribution in [0, 0.1) is 6.92 Å². The van der Waals surface area contributed by atoms with Crippen LogP contribution < -0.4 is 0 Å². The van der Waals surface area contributed by atoms with Crippen molar-refractivity contribution >= 4 is 43.6 Å². The molecule has 0 aliphatic carbocycles. The average Bonchev–Trinajstić information content (AvgIpc) is 3.81. The van der Waals surface area contributed by atoms with E-state index in [0.717, 1.165) is 88.9 Å². The Bertz CT molecular complexity index is 3360. The van der Waals surface area contributed by atoms with Crippen molar-refractivity contribution in [3.63, 3.8) is 0 Å². The highest BCUT2D eigenvalue weighted by atomic mass is 19.4. The molecule has 0 bridgehead atoms. The number of alkyl halides is 3. The van der Waals surface area contributed by atoms with Gasteiger partial charge in [0.05, 0.1) is 44.7 Å². The molecule has 0 fully saturated rings. The first-order chi connectivity index (χ1) is 29.8. The van der Waals surface area contributed by atoms with E-state index < -0.39 is 11.7 Å². The molecule has 0 spiro atoms. The molecule has 0 aliphatic heterocycles. The molecule has 11 rings (SSSR count). The van der Waals surface area contributed by atoms with Gasteiger partial charge in [-0.15, -0.1) is 0 Å². The molecule has 0 atom stereocenters. The first-order valence-corrected chi connectivity index (χ1v) is 20.1. The highest BCUT2D eigenvalue weighted by Crippen LogP contribution is 2.42. The number of para-hydroxylation sites is 2. The van der Waals surface area contributed by atoms with Crippen LogP contribution in [0.2, 0.25) is 0 Å². The molecule has 0 amide bonds. The van der Waals surface area contributed by atoms with Crippen molar-refractivity contribution in [1.29, 1.82) is 0 Å². The molecule has 0 aliphatic rings. The number of benzene rings is 8. The minimum absolute atomic E-state index is 0.540. The summed E-state index contributed by atoms with van der Waals surface area (Å²) in [4.78, 5) is 10.2. The summed E-state index contributed by atoms with van der Waals surface area (Å²) >= 11 is 0. The molecule has 4 nitrogen and oxygen atoms in total. The van der Waals surface area contributed by atoms with E-state index in [2.05, 4.69) is 100 Å². The third-order valence-corrected chi connectivity index (χ3v) is 11.6. The van der Waals surface area contributed by atoms with Crippen molar-refractivity contribution in [3.05, 3.63) is 205 Å². The van der Waals surface area contributed by atoms with Crippen molar-refractivity contribution < 1.29 is 13.2 Å². The normalized spacial score (nSPS) is 11.9. The first-order valence-electron chi connectivity index (χ1n) is 20.1. The minimum atomic E-state index is -4.48. The zero-order chi connectivity index (χ0) is 41.2. The monoisotopic (exact) mass is 796 g/mol. The molecule has 0 saturated heterocycles. The van der Waals surface area contributed by atoms with Gasteiger partial charge in [-0.2, -0.15) is 13.2 Å². The van der Waals surface area contributed by atoms with Gasteiger partial charge in [-0.25, -0.2) is 9.97 Å². The Balaban J connectivity index is 1.19. The Labute approximate surface area is 349 Å². The van der Waals surface area contributed by atoms with Crippen LogP contribution in [0.3, 0.4) is 0 Å². The summed E-state index contributed by atoms with van der Waals surface area (Å²) in [5.74, 6) is 0.606. The predicted octanol–water partition coefficient (Wildman–Crippen LogP) is 14.7. The van der Waals surface area contributed by atoms with Crippen molar-refractivity contribution in [3.8, 4) is 56.4 Å². The van der Waals surface area contributed by atoms with Crippen LogP contribution in [-0.4, -0.2) is 19.1 Å². The Kier molecular flexibility index (Phi) is 8.46. The Morgan fingerprint density at radius 1 is 0.410 bits per heavy atom. The number of aryl methyl sites for hydroxylation is 1. The van der Waals surface area contributed by atoms with Crippen molar-refractivity contribution in [2.24, 2.45) is 0 Å². The topological polar surface area (TPSA) is 35.6 Å². The number of rotatable bonds is 6. The summed E-state index contributed by atoms with van der Waals surface area (Å²) in [6.07, 6.45) is -4.48. The first kappa shape index (κ1) is 36.3. The van der Waals surface area contributed by atoms with Crippen LogP contribution in [0.4, 0.5) is 13.2 Å². The minimum Gasteiger partial charge on any atom is -0.309 e. The zero-order valence-corrected chi connectivity index (χ0v) is 32.9. The molecule has 3 heterocycles. The smallest absolute Gasteiger partial charge is 0.309 e. The third-order valence-electron chi connectivity index (χ3n) is 11.6. The molecule has 292 valence electrons. The summed E-state index contributed by atoms with van der Waals surface area (Å²) in [7, 11) is 0. The van der Waals surface area contributed by atoms with Crippen molar-refractivity contribution in [2.45, 2.75) is 13.1 Å². The lowest BCUT2D eigenvalue weighted by Crippen LogP contribution is -2.04. The van der Waals surface area contributed by atoms with Gasteiger partial charge in [0.25, 0.3) is 0 Å². The molecule has 0 unspecified atom stereocenters. The number of halogens is 3. The van der Waals surface area contributed by atoms with Crippen LogP contribution in [-0.2, 0) is 6.18 Å². The lowest BCUT2D eigenvalue weighted by molar-refractivity contribution is -0.137. The van der Waals surface area contributed by atoms with Gasteiger partial charge in [0, 0.05) is 49.5 Å². The average molecular weight is 797 g/mol. The molecular formula is C54H35F3N4. The van der Waals surface area contributed by atoms with Gasteiger partial charge < -0.3 is 9.13 Å². The standard InChI is InChI=1S/C54H35F3N4/c1-34-23-26-51-44(29-34)45-32-39(54(55,56)57)25-28-52(45)61(51)50-27-24-38(47-33-46(35-13-4-2-5-14-35)58-53(59-47)36-15-6-3-7-16-36)31-43(50)37-17-12-18-40(30-37)60-48-21-10-8-19-41(48)42-20-9-11-22-49(42)60/h2-33H,1H3. The Hall–Kier alpha value is -7.77. The number of nitrogens with zero attached hydrogens (tertiary/aromatic N) is 4. The fourth-order valence-corrected chi connectivity index (χ4v) is 8.78. The molecule has 7 heteroatoms. The fourth-order valence-electron chi connectivity index (χ4n) is 8.78. The van der Waals surface area contributed by atoms with Crippen LogP contribution in [0.15, 0.2) is 194 Å². The van der Waals surface area contributed by atoms with Crippen LogP contribution >= 0.6 is 0 Å².